The Kier molecular flexibility index (Phi) is 4.06. The summed E-state index contributed by atoms with van der Waals surface area (Å²) in [6.07, 6.45) is 5.10. The molecular formula is C15H15ClN8O. The van der Waals surface area contributed by atoms with Crippen molar-refractivity contribution in [3.05, 3.63) is 53.6 Å². The lowest BCUT2D eigenvalue weighted by atomic mass is 10.1. The van der Waals surface area contributed by atoms with Gasteiger partial charge in [-0.15, -0.1) is 5.10 Å². The largest absolute Gasteiger partial charge is 0.321 e. The van der Waals surface area contributed by atoms with E-state index in [0.29, 0.717) is 30.3 Å². The highest BCUT2D eigenvalue weighted by molar-refractivity contribution is 6.30. The second-order valence-electron chi connectivity index (χ2n) is 5.75. The Balaban J connectivity index is 1.31. The van der Waals surface area contributed by atoms with Crippen molar-refractivity contribution >= 4 is 23.3 Å². The smallest absolute Gasteiger partial charge is 0.320 e. The number of anilines is 1. The van der Waals surface area contributed by atoms with Gasteiger partial charge in [0.25, 0.3) is 0 Å². The second kappa shape index (κ2) is 6.52. The standard InChI is InChI=1S/C15H15ClN8O/c16-11-2-1-3-12(6-11)19-15(25)22-9-14(10-22)23-7-13(20-21-23)8-24-17-4-5-18-24/h1-7,14H,8-10H2,(H,19,25). The molecule has 128 valence electrons. The predicted molar refractivity (Wildman–Crippen MR) is 90.2 cm³/mol. The highest BCUT2D eigenvalue weighted by Gasteiger charge is 2.32. The van der Waals surface area contributed by atoms with Gasteiger partial charge in [0.05, 0.1) is 24.6 Å². The maximum atomic E-state index is 12.2. The van der Waals surface area contributed by atoms with Crippen LogP contribution in [0.4, 0.5) is 10.5 Å². The molecule has 1 aliphatic heterocycles. The van der Waals surface area contributed by atoms with Gasteiger partial charge >= 0.3 is 6.03 Å². The summed E-state index contributed by atoms with van der Waals surface area (Å²) in [6.45, 7) is 1.63. The first-order valence-electron chi connectivity index (χ1n) is 7.74. The SMILES string of the molecule is O=C(Nc1cccc(Cl)c1)N1CC(n2cc(Cn3nccn3)nn2)C1. The summed E-state index contributed by atoms with van der Waals surface area (Å²) in [5.41, 5.74) is 1.45. The minimum atomic E-state index is -0.153. The third kappa shape index (κ3) is 3.45. The molecule has 0 saturated carbocycles. The van der Waals surface area contributed by atoms with Crippen LogP contribution in [-0.4, -0.2) is 54.0 Å². The Morgan fingerprint density at radius 2 is 2.08 bits per heavy atom. The van der Waals surface area contributed by atoms with E-state index in [1.807, 2.05) is 6.20 Å². The normalized spacial score (nSPS) is 14.4. The molecule has 2 aromatic heterocycles. The van der Waals surface area contributed by atoms with E-state index < -0.39 is 0 Å². The number of urea groups is 1. The predicted octanol–water partition coefficient (Wildman–Crippen LogP) is 1.66. The molecule has 1 aromatic carbocycles. The van der Waals surface area contributed by atoms with Crippen LogP contribution in [0.15, 0.2) is 42.9 Å². The maximum Gasteiger partial charge on any atom is 0.321 e. The number of likely N-dealkylation sites (tertiary alicyclic amines) is 1. The summed E-state index contributed by atoms with van der Waals surface area (Å²) in [5.74, 6) is 0. The number of hydrogen-bond donors (Lipinski definition) is 1. The average Bonchev–Trinajstić information content (AvgIpc) is 3.18. The van der Waals surface area contributed by atoms with Gasteiger partial charge in [-0.3, -0.25) is 0 Å². The molecule has 0 atom stereocenters. The zero-order valence-corrected chi connectivity index (χ0v) is 13.9. The number of benzene rings is 1. The van der Waals surface area contributed by atoms with E-state index in [1.54, 1.807) is 51.0 Å². The van der Waals surface area contributed by atoms with Crippen LogP contribution in [0, 0.1) is 0 Å². The molecule has 25 heavy (non-hydrogen) atoms. The molecule has 0 spiro atoms. The van der Waals surface area contributed by atoms with Crippen LogP contribution >= 0.6 is 11.6 Å². The summed E-state index contributed by atoms with van der Waals surface area (Å²) in [4.78, 5) is 15.5. The first-order valence-corrected chi connectivity index (χ1v) is 8.11. The van der Waals surface area contributed by atoms with Crippen LogP contribution in [0.25, 0.3) is 0 Å². The number of carbonyl (C=O) groups excluding carboxylic acids is 1. The van der Waals surface area contributed by atoms with Crippen LogP contribution < -0.4 is 5.32 Å². The number of rotatable bonds is 4. The number of halogens is 1. The third-order valence-electron chi connectivity index (χ3n) is 3.93. The molecular weight excluding hydrogens is 344 g/mol. The van der Waals surface area contributed by atoms with Crippen molar-refractivity contribution in [1.82, 2.24) is 34.9 Å². The molecule has 1 N–H and O–H groups in total. The van der Waals surface area contributed by atoms with Gasteiger partial charge in [-0.05, 0) is 18.2 Å². The van der Waals surface area contributed by atoms with Gasteiger partial charge in [-0.2, -0.15) is 15.0 Å². The molecule has 2 amide bonds. The van der Waals surface area contributed by atoms with Crippen LogP contribution in [-0.2, 0) is 6.54 Å². The van der Waals surface area contributed by atoms with Gasteiger partial charge < -0.3 is 10.2 Å². The third-order valence-corrected chi connectivity index (χ3v) is 4.16. The molecule has 4 rings (SSSR count). The highest BCUT2D eigenvalue weighted by atomic mass is 35.5. The van der Waals surface area contributed by atoms with Gasteiger partial charge in [-0.1, -0.05) is 22.9 Å². The van der Waals surface area contributed by atoms with E-state index in [2.05, 4.69) is 25.8 Å². The molecule has 9 nitrogen and oxygen atoms in total. The quantitative estimate of drug-likeness (QED) is 0.765. The van der Waals surface area contributed by atoms with Gasteiger partial charge in [0.2, 0.25) is 0 Å². The maximum absolute atomic E-state index is 12.2. The fourth-order valence-corrected chi connectivity index (χ4v) is 2.78. The lowest BCUT2D eigenvalue weighted by molar-refractivity contribution is 0.127. The molecule has 0 aliphatic carbocycles. The molecule has 3 aromatic rings. The van der Waals surface area contributed by atoms with Gasteiger partial charge in [0.1, 0.15) is 12.2 Å². The molecule has 3 heterocycles. The zero-order valence-electron chi connectivity index (χ0n) is 13.2. The van der Waals surface area contributed by atoms with Crippen molar-refractivity contribution < 1.29 is 4.79 Å². The van der Waals surface area contributed by atoms with Crippen molar-refractivity contribution in [3.63, 3.8) is 0 Å². The fourth-order valence-electron chi connectivity index (χ4n) is 2.59. The summed E-state index contributed by atoms with van der Waals surface area (Å²) < 4.78 is 1.78. The highest BCUT2D eigenvalue weighted by Crippen LogP contribution is 2.22. The summed E-state index contributed by atoms with van der Waals surface area (Å²) in [7, 11) is 0. The second-order valence-corrected chi connectivity index (χ2v) is 6.19. The Labute approximate surface area is 148 Å². The average molecular weight is 359 g/mol. The van der Waals surface area contributed by atoms with Gasteiger partial charge in [-0.25, -0.2) is 9.48 Å². The van der Waals surface area contributed by atoms with Crippen LogP contribution in [0.1, 0.15) is 11.7 Å². The van der Waals surface area contributed by atoms with Gasteiger partial charge in [0, 0.05) is 23.8 Å². The van der Waals surface area contributed by atoms with E-state index in [0.717, 1.165) is 5.69 Å². The Bertz CT molecular complexity index is 871. The van der Waals surface area contributed by atoms with Crippen LogP contribution in [0.5, 0.6) is 0 Å². The van der Waals surface area contributed by atoms with E-state index in [-0.39, 0.29) is 12.1 Å². The van der Waals surface area contributed by atoms with E-state index in [1.165, 1.54) is 0 Å². The Morgan fingerprint density at radius 3 is 2.84 bits per heavy atom. The van der Waals surface area contributed by atoms with Crippen molar-refractivity contribution in [2.24, 2.45) is 0 Å². The minimum absolute atomic E-state index is 0.122. The Hall–Kier alpha value is -2.94. The summed E-state index contributed by atoms with van der Waals surface area (Å²) in [6, 6.07) is 7.04. The zero-order chi connectivity index (χ0) is 17.2. The lowest BCUT2D eigenvalue weighted by Crippen LogP contribution is -2.52. The molecule has 0 radical (unpaired) electrons. The Morgan fingerprint density at radius 1 is 1.28 bits per heavy atom. The number of aromatic nitrogens is 6. The van der Waals surface area contributed by atoms with Crippen LogP contribution in [0.2, 0.25) is 5.02 Å². The van der Waals surface area contributed by atoms with Crippen LogP contribution in [0.3, 0.4) is 0 Å². The summed E-state index contributed by atoms with van der Waals surface area (Å²) >= 11 is 5.92. The van der Waals surface area contributed by atoms with E-state index in [9.17, 15) is 4.79 Å². The minimum Gasteiger partial charge on any atom is -0.320 e. The van der Waals surface area contributed by atoms with Crippen molar-refractivity contribution in [2.45, 2.75) is 12.6 Å². The topological polar surface area (TPSA) is 93.8 Å². The first-order chi connectivity index (χ1) is 12.2. The monoisotopic (exact) mass is 358 g/mol. The van der Waals surface area contributed by atoms with Crippen molar-refractivity contribution in [3.8, 4) is 0 Å². The summed E-state index contributed by atoms with van der Waals surface area (Å²) in [5, 5.41) is 19.7. The number of nitrogens with zero attached hydrogens (tertiary/aromatic N) is 7. The molecule has 0 bridgehead atoms. The number of hydrogen-bond acceptors (Lipinski definition) is 5. The molecule has 1 fully saturated rings. The number of amides is 2. The molecule has 0 unspecified atom stereocenters. The number of carbonyl (C=O) groups is 1. The molecule has 10 heteroatoms. The molecule has 1 saturated heterocycles. The molecule has 1 aliphatic rings. The van der Waals surface area contributed by atoms with E-state index >= 15 is 0 Å². The van der Waals surface area contributed by atoms with E-state index in [4.69, 9.17) is 11.6 Å². The van der Waals surface area contributed by atoms with Crippen molar-refractivity contribution in [2.75, 3.05) is 18.4 Å². The lowest BCUT2D eigenvalue weighted by Gasteiger charge is -2.38. The van der Waals surface area contributed by atoms with Crippen molar-refractivity contribution in [1.29, 1.82) is 0 Å². The number of nitrogens with one attached hydrogen (secondary N) is 1. The van der Waals surface area contributed by atoms with Gasteiger partial charge in [0.15, 0.2) is 0 Å². The fraction of sp³-hybridized carbons (Fsp3) is 0.267. The first kappa shape index (κ1) is 15.6.